The molecule has 2 nitrogen and oxygen atoms in total. The summed E-state index contributed by atoms with van der Waals surface area (Å²) in [5, 5.41) is 1.05. The fraction of sp³-hybridized carbons (Fsp3) is 0.938. The van der Waals surface area contributed by atoms with Crippen molar-refractivity contribution >= 4 is 21.8 Å². The monoisotopic (exact) mass is 329 g/mol. The van der Waals surface area contributed by atoms with Crippen LogP contribution in [0.2, 0.25) is 0 Å². The summed E-state index contributed by atoms with van der Waals surface area (Å²) >= 11 is 3.71. The fourth-order valence-corrected chi connectivity index (χ4v) is 4.28. The van der Waals surface area contributed by atoms with Gasteiger partial charge >= 0.3 is 0 Å². The topological polar surface area (TPSA) is 20.3 Å². The van der Waals surface area contributed by atoms with Gasteiger partial charge in [-0.15, -0.1) is 0 Å². The lowest BCUT2D eigenvalue weighted by Gasteiger charge is -2.39. The maximum atomic E-state index is 12.3. The van der Waals surface area contributed by atoms with Crippen LogP contribution >= 0.6 is 15.9 Å². The molecule has 1 unspecified atom stereocenters. The molecule has 0 bridgehead atoms. The summed E-state index contributed by atoms with van der Waals surface area (Å²) in [5.74, 6) is 0.904. The summed E-state index contributed by atoms with van der Waals surface area (Å²) in [7, 11) is 0. The lowest BCUT2D eigenvalue weighted by molar-refractivity contribution is -0.129. The van der Waals surface area contributed by atoms with Crippen molar-refractivity contribution in [3.8, 4) is 0 Å². The van der Waals surface area contributed by atoms with E-state index < -0.39 is 0 Å². The smallest absolute Gasteiger partial charge is 0.222 e. The van der Waals surface area contributed by atoms with Gasteiger partial charge in [-0.05, 0) is 29.6 Å². The van der Waals surface area contributed by atoms with Gasteiger partial charge in [0.15, 0.2) is 0 Å². The number of hydrogen-bond donors (Lipinski definition) is 0. The fourth-order valence-electron chi connectivity index (χ4n) is 3.55. The molecule has 1 aliphatic heterocycles. The van der Waals surface area contributed by atoms with E-state index in [4.69, 9.17) is 0 Å². The van der Waals surface area contributed by atoms with Crippen molar-refractivity contribution in [2.45, 2.75) is 59.3 Å². The van der Waals surface area contributed by atoms with E-state index in [0.717, 1.165) is 24.8 Å². The molecule has 0 spiro atoms. The minimum Gasteiger partial charge on any atom is -0.342 e. The van der Waals surface area contributed by atoms with Gasteiger partial charge in [0.05, 0.1) is 0 Å². The van der Waals surface area contributed by atoms with Crippen molar-refractivity contribution in [3.63, 3.8) is 0 Å². The summed E-state index contributed by atoms with van der Waals surface area (Å²) < 4.78 is 0. The van der Waals surface area contributed by atoms with Gasteiger partial charge in [-0.25, -0.2) is 0 Å². The Labute approximate surface area is 126 Å². The van der Waals surface area contributed by atoms with Crippen LogP contribution in [-0.4, -0.2) is 29.2 Å². The number of carbonyl (C=O) groups is 1. The van der Waals surface area contributed by atoms with Crippen LogP contribution in [-0.2, 0) is 4.79 Å². The van der Waals surface area contributed by atoms with Crippen LogP contribution in [0.4, 0.5) is 0 Å². The average molecular weight is 330 g/mol. The molecule has 0 N–H and O–H groups in total. The molecule has 2 aliphatic rings. The molecule has 2 fully saturated rings. The van der Waals surface area contributed by atoms with Crippen LogP contribution in [0, 0.1) is 16.7 Å². The minimum absolute atomic E-state index is 0.249. The number of rotatable bonds is 3. The largest absolute Gasteiger partial charge is 0.342 e. The Morgan fingerprint density at radius 2 is 1.89 bits per heavy atom. The van der Waals surface area contributed by atoms with E-state index in [9.17, 15) is 4.79 Å². The molecule has 0 aromatic heterocycles. The van der Waals surface area contributed by atoms with E-state index in [2.05, 4.69) is 41.6 Å². The third kappa shape index (κ3) is 3.53. The number of alkyl halides is 1. The molecule has 2 rings (SSSR count). The minimum atomic E-state index is 0.249. The Bertz CT molecular complexity index is 328. The first kappa shape index (κ1) is 15.3. The average Bonchev–Trinajstić information content (AvgIpc) is 2.72. The maximum absolute atomic E-state index is 12.3. The predicted molar refractivity (Wildman–Crippen MR) is 83.5 cm³/mol. The zero-order valence-electron chi connectivity index (χ0n) is 12.7. The zero-order valence-corrected chi connectivity index (χ0v) is 14.3. The second-order valence-corrected chi connectivity index (χ2v) is 8.30. The number of nitrogens with zero attached hydrogens (tertiary/aromatic N) is 1. The van der Waals surface area contributed by atoms with Crippen LogP contribution in [0.25, 0.3) is 0 Å². The highest BCUT2D eigenvalue weighted by Gasteiger charge is 2.41. The molecule has 0 radical (unpaired) electrons. The van der Waals surface area contributed by atoms with Gasteiger partial charge in [0, 0.05) is 24.8 Å². The summed E-state index contributed by atoms with van der Waals surface area (Å²) in [6.07, 6.45) is 7.34. The summed E-state index contributed by atoms with van der Waals surface area (Å²) in [6.45, 7) is 8.72. The van der Waals surface area contributed by atoms with E-state index in [1.165, 1.54) is 32.1 Å². The van der Waals surface area contributed by atoms with Gasteiger partial charge in [0.25, 0.3) is 0 Å². The molecule has 1 aliphatic carbocycles. The summed E-state index contributed by atoms with van der Waals surface area (Å²) in [4.78, 5) is 14.4. The Kier molecular flexibility index (Phi) is 4.64. The normalized spacial score (nSPS) is 27.9. The van der Waals surface area contributed by atoms with Crippen molar-refractivity contribution < 1.29 is 4.79 Å². The van der Waals surface area contributed by atoms with Crippen LogP contribution in [0.3, 0.4) is 0 Å². The molecule has 1 amide bonds. The molecule has 3 heteroatoms. The van der Waals surface area contributed by atoms with E-state index in [1.807, 2.05) is 0 Å². The number of hydrogen-bond acceptors (Lipinski definition) is 1. The lowest BCUT2D eigenvalue weighted by atomic mass is 9.75. The molecule has 1 saturated carbocycles. The third-order valence-electron chi connectivity index (χ3n) is 5.16. The zero-order chi connectivity index (χ0) is 14.1. The van der Waals surface area contributed by atoms with Crippen molar-refractivity contribution in [1.82, 2.24) is 4.90 Å². The number of carbonyl (C=O) groups excluding carboxylic acids is 1. The van der Waals surface area contributed by atoms with Gasteiger partial charge in [-0.3, -0.25) is 4.79 Å². The number of halogens is 1. The summed E-state index contributed by atoms with van der Waals surface area (Å²) in [6, 6.07) is 0. The summed E-state index contributed by atoms with van der Waals surface area (Å²) in [5.41, 5.74) is 0.596. The first-order valence-electron chi connectivity index (χ1n) is 7.70. The van der Waals surface area contributed by atoms with Crippen LogP contribution in [0.1, 0.15) is 59.3 Å². The highest BCUT2D eigenvalue weighted by molar-refractivity contribution is 9.09. The van der Waals surface area contributed by atoms with Crippen LogP contribution < -0.4 is 0 Å². The second-order valence-electron chi connectivity index (χ2n) is 7.74. The lowest BCUT2D eigenvalue weighted by Crippen LogP contribution is -2.41. The van der Waals surface area contributed by atoms with Gasteiger partial charge in [-0.2, -0.15) is 0 Å². The van der Waals surface area contributed by atoms with Crippen molar-refractivity contribution in [2.24, 2.45) is 16.7 Å². The van der Waals surface area contributed by atoms with E-state index in [1.54, 1.807) is 0 Å². The molecule has 0 aromatic carbocycles. The number of amides is 1. The van der Waals surface area contributed by atoms with Crippen LogP contribution in [0.5, 0.6) is 0 Å². The third-order valence-corrected chi connectivity index (χ3v) is 6.35. The van der Waals surface area contributed by atoms with Crippen molar-refractivity contribution in [1.29, 1.82) is 0 Å². The quantitative estimate of drug-likeness (QED) is 0.709. The Morgan fingerprint density at radius 1 is 1.26 bits per heavy atom. The highest BCUT2D eigenvalue weighted by atomic mass is 79.9. The molecular weight excluding hydrogens is 302 g/mol. The Hall–Kier alpha value is -0.0500. The van der Waals surface area contributed by atoms with Gasteiger partial charge in [0.2, 0.25) is 5.91 Å². The molecule has 19 heavy (non-hydrogen) atoms. The van der Waals surface area contributed by atoms with Crippen molar-refractivity contribution in [2.75, 3.05) is 18.4 Å². The number of likely N-dealkylation sites (tertiary alicyclic amines) is 1. The molecular formula is C16H28BrNO. The second kappa shape index (κ2) is 5.75. The first-order valence-corrected chi connectivity index (χ1v) is 8.82. The van der Waals surface area contributed by atoms with Crippen molar-refractivity contribution in [3.05, 3.63) is 0 Å². The van der Waals surface area contributed by atoms with Crippen LogP contribution in [0.15, 0.2) is 0 Å². The van der Waals surface area contributed by atoms with E-state index in [-0.39, 0.29) is 5.41 Å². The van der Waals surface area contributed by atoms with Gasteiger partial charge in [-0.1, -0.05) is 56.0 Å². The SMILES string of the molecule is CC(C)(C)C1CC(=O)N(CC2(CBr)CCCCC2)C1. The maximum Gasteiger partial charge on any atom is 0.222 e. The molecule has 1 atom stereocenters. The van der Waals surface area contributed by atoms with E-state index in [0.29, 0.717) is 17.2 Å². The molecule has 1 heterocycles. The molecule has 1 saturated heterocycles. The molecule has 110 valence electrons. The Morgan fingerprint density at radius 3 is 2.37 bits per heavy atom. The standard InChI is InChI=1S/C16H28BrNO/c1-15(2,3)13-9-14(19)18(10-13)12-16(11-17)7-5-4-6-8-16/h13H,4-12H2,1-3H3. The Balaban J connectivity index is 2.00. The van der Waals surface area contributed by atoms with Gasteiger partial charge < -0.3 is 4.90 Å². The highest BCUT2D eigenvalue weighted by Crippen LogP contribution is 2.41. The van der Waals surface area contributed by atoms with E-state index >= 15 is 0 Å². The predicted octanol–water partition coefficient (Wildman–Crippen LogP) is 4.23. The van der Waals surface area contributed by atoms with Gasteiger partial charge in [0.1, 0.15) is 0 Å². The first-order chi connectivity index (χ1) is 8.86. The molecule has 0 aromatic rings.